The van der Waals surface area contributed by atoms with Crippen molar-refractivity contribution in [1.82, 2.24) is 0 Å². The Labute approximate surface area is 69.3 Å². The van der Waals surface area contributed by atoms with Crippen LogP contribution in [0.1, 0.15) is 40.0 Å². The van der Waals surface area contributed by atoms with Gasteiger partial charge in [0.05, 0.1) is 0 Å². The molecular weight excluding hydrogens is 158 g/mol. The Hall–Kier alpha value is -0.0200. The second-order valence-electron chi connectivity index (χ2n) is 3.61. The lowest BCUT2D eigenvalue weighted by Gasteiger charge is -2.15. The smallest absolute Gasteiger partial charge is 0.0489 e. The lowest BCUT2D eigenvalue weighted by molar-refractivity contribution is 0.670. The highest BCUT2D eigenvalue weighted by atomic mass is 32.2. The molecule has 1 atom stereocenters. The molecule has 0 amide bonds. The van der Waals surface area contributed by atoms with E-state index in [0.29, 0.717) is 0 Å². The Morgan fingerprint density at radius 1 is 1.64 bits per heavy atom. The second-order valence-corrected chi connectivity index (χ2v) is 6.49. The predicted molar refractivity (Wildman–Crippen MR) is 50.9 cm³/mol. The third kappa shape index (κ3) is 1.32. The van der Waals surface area contributed by atoms with Crippen LogP contribution in [0.4, 0.5) is 0 Å². The molecule has 66 valence electrons. The summed E-state index contributed by atoms with van der Waals surface area (Å²) in [5, 5.41) is 5.80. The van der Waals surface area contributed by atoms with Crippen molar-refractivity contribution in [3.05, 3.63) is 0 Å². The molecule has 1 saturated carbocycles. The molecule has 1 unspecified atom stereocenters. The van der Waals surface area contributed by atoms with Crippen LogP contribution in [0.3, 0.4) is 0 Å². The molecular formula is C8H17NOS. The summed E-state index contributed by atoms with van der Waals surface area (Å²) in [6, 6.07) is 0. The van der Waals surface area contributed by atoms with Crippen LogP contribution in [0.15, 0.2) is 0 Å². The Balaban J connectivity index is 3.09. The van der Waals surface area contributed by atoms with Crippen LogP contribution in [0.25, 0.3) is 0 Å². The van der Waals surface area contributed by atoms with Gasteiger partial charge >= 0.3 is 0 Å². The van der Waals surface area contributed by atoms with E-state index >= 15 is 0 Å². The Kier molecular flexibility index (Phi) is 2.05. The minimum atomic E-state index is -2.15. The molecule has 1 aliphatic carbocycles. The first-order valence-corrected chi connectivity index (χ1v) is 5.70. The van der Waals surface area contributed by atoms with E-state index < -0.39 is 9.71 Å². The van der Waals surface area contributed by atoms with E-state index in [1.807, 2.05) is 20.8 Å². The molecule has 1 rings (SSSR count). The van der Waals surface area contributed by atoms with E-state index in [9.17, 15) is 4.21 Å². The zero-order valence-corrected chi connectivity index (χ0v) is 8.33. The fourth-order valence-electron chi connectivity index (χ4n) is 1.11. The lowest BCUT2D eigenvalue weighted by atomic mass is 10.4. The second kappa shape index (κ2) is 2.49. The van der Waals surface area contributed by atoms with Crippen LogP contribution in [-0.2, 0) is 9.71 Å². The van der Waals surface area contributed by atoms with Crippen molar-refractivity contribution in [2.24, 2.45) is 5.14 Å². The van der Waals surface area contributed by atoms with Gasteiger partial charge < -0.3 is 0 Å². The van der Waals surface area contributed by atoms with E-state index in [0.717, 1.165) is 24.1 Å². The quantitative estimate of drug-likeness (QED) is 0.632. The van der Waals surface area contributed by atoms with Crippen molar-refractivity contribution >= 4 is 14.6 Å². The van der Waals surface area contributed by atoms with Crippen molar-refractivity contribution in [2.75, 3.05) is 0 Å². The van der Waals surface area contributed by atoms with Crippen molar-refractivity contribution in [1.29, 1.82) is 0 Å². The standard InChI is InChI=1S/C8H17NOS/c1-4-7(2)11(9,10)8(3)5-6-8/h4-6H2,1-3H3,(H2,9,10). The summed E-state index contributed by atoms with van der Waals surface area (Å²) < 4.78 is 11.9. The number of hydrogen-bond acceptors (Lipinski definition) is 1. The van der Waals surface area contributed by atoms with Crippen molar-refractivity contribution in [3.8, 4) is 0 Å². The Morgan fingerprint density at radius 3 is 2.36 bits per heavy atom. The van der Waals surface area contributed by atoms with Crippen molar-refractivity contribution in [2.45, 2.75) is 44.8 Å². The Bertz CT molecular complexity index is 270. The topological polar surface area (TPSA) is 43.1 Å². The van der Waals surface area contributed by atoms with E-state index in [1.54, 1.807) is 0 Å². The van der Waals surface area contributed by atoms with Gasteiger partial charge in [0.2, 0.25) is 0 Å². The summed E-state index contributed by atoms with van der Waals surface area (Å²) in [7, 11) is -2.15. The Morgan fingerprint density at radius 2 is 2.09 bits per heavy atom. The maximum absolute atomic E-state index is 11.9. The van der Waals surface area contributed by atoms with Crippen LogP contribution in [0.2, 0.25) is 0 Å². The third-order valence-electron chi connectivity index (χ3n) is 2.70. The van der Waals surface area contributed by atoms with Gasteiger partial charge in [0.25, 0.3) is 0 Å². The van der Waals surface area contributed by atoms with E-state index in [-0.39, 0.29) is 4.75 Å². The van der Waals surface area contributed by atoms with E-state index in [1.165, 1.54) is 0 Å². The highest BCUT2D eigenvalue weighted by Gasteiger charge is 2.45. The summed E-state index contributed by atoms with van der Waals surface area (Å²) in [4.78, 5) is 0.970. The van der Waals surface area contributed by atoms with Crippen molar-refractivity contribution < 1.29 is 4.21 Å². The predicted octanol–water partition coefficient (Wildman–Crippen LogP) is 1.30. The minimum absolute atomic E-state index is 0.0624. The molecule has 0 spiro atoms. The van der Waals surface area contributed by atoms with Gasteiger partial charge in [-0.2, -0.15) is 0 Å². The van der Waals surface area contributed by atoms with Gasteiger partial charge in [-0.25, -0.2) is 0 Å². The maximum Gasteiger partial charge on any atom is 0.0489 e. The maximum atomic E-state index is 11.9. The SMILES string of the molecule is CCC(C)=S(N)(=O)C1(C)CC1. The van der Waals surface area contributed by atoms with Gasteiger partial charge in [-0.05, 0) is 38.0 Å². The lowest BCUT2D eigenvalue weighted by Crippen LogP contribution is -2.33. The van der Waals surface area contributed by atoms with E-state index in [2.05, 4.69) is 0 Å². The van der Waals surface area contributed by atoms with Gasteiger partial charge in [-0.1, -0.05) is 6.92 Å². The first-order valence-electron chi connectivity index (χ1n) is 4.08. The largest absolute Gasteiger partial charge is 0.259 e. The third-order valence-corrected chi connectivity index (χ3v) is 5.90. The molecule has 0 aliphatic heterocycles. The molecule has 0 aromatic rings. The first-order chi connectivity index (χ1) is 4.94. The average molecular weight is 175 g/mol. The molecule has 3 heteroatoms. The molecule has 0 heterocycles. The van der Waals surface area contributed by atoms with Crippen LogP contribution in [-0.4, -0.2) is 13.8 Å². The summed E-state index contributed by atoms with van der Waals surface area (Å²) >= 11 is 0. The molecule has 1 fully saturated rings. The van der Waals surface area contributed by atoms with Gasteiger partial charge in [-0.3, -0.25) is 9.35 Å². The zero-order valence-electron chi connectivity index (χ0n) is 7.52. The van der Waals surface area contributed by atoms with Crippen LogP contribution in [0, 0.1) is 0 Å². The van der Waals surface area contributed by atoms with Crippen LogP contribution < -0.4 is 5.14 Å². The fourth-order valence-corrected chi connectivity index (χ4v) is 3.09. The van der Waals surface area contributed by atoms with Crippen LogP contribution in [0.5, 0.6) is 0 Å². The summed E-state index contributed by atoms with van der Waals surface area (Å²) in [5.41, 5.74) is 0. The highest BCUT2D eigenvalue weighted by molar-refractivity contribution is 8.01. The first kappa shape index (κ1) is 9.07. The highest BCUT2D eigenvalue weighted by Crippen LogP contribution is 2.42. The molecule has 2 N–H and O–H groups in total. The summed E-state index contributed by atoms with van der Waals surface area (Å²) in [6.45, 7) is 5.94. The van der Waals surface area contributed by atoms with E-state index in [4.69, 9.17) is 5.14 Å². The fraction of sp³-hybridized carbons (Fsp3) is 0.875. The molecule has 0 radical (unpaired) electrons. The number of rotatable bonds is 2. The normalized spacial score (nSPS) is 25.8. The van der Waals surface area contributed by atoms with Gasteiger partial charge in [0.15, 0.2) is 0 Å². The van der Waals surface area contributed by atoms with Crippen LogP contribution >= 0.6 is 0 Å². The number of nitrogens with two attached hydrogens (primary N) is 1. The zero-order chi connectivity index (χ0) is 8.70. The molecule has 0 bridgehead atoms. The molecule has 0 aromatic carbocycles. The van der Waals surface area contributed by atoms with Gasteiger partial charge in [0, 0.05) is 14.5 Å². The molecule has 2 nitrogen and oxygen atoms in total. The minimum Gasteiger partial charge on any atom is -0.259 e. The van der Waals surface area contributed by atoms with Gasteiger partial charge in [0.1, 0.15) is 0 Å². The summed E-state index contributed by atoms with van der Waals surface area (Å²) in [5.74, 6) is 0. The monoisotopic (exact) mass is 175 g/mol. The van der Waals surface area contributed by atoms with Crippen molar-refractivity contribution in [3.63, 3.8) is 0 Å². The van der Waals surface area contributed by atoms with Gasteiger partial charge in [-0.15, -0.1) is 0 Å². The average Bonchev–Trinajstić information content (AvgIpc) is 2.67. The molecule has 11 heavy (non-hydrogen) atoms. The summed E-state index contributed by atoms with van der Waals surface area (Å²) in [6.07, 6.45) is 2.89. The molecule has 0 saturated heterocycles. The number of hydrogen-bond donors (Lipinski definition) is 1. The molecule has 0 aromatic heterocycles. The molecule has 1 aliphatic rings.